The largest absolute Gasteiger partial charge is 0.358 e. The van der Waals surface area contributed by atoms with Crippen molar-refractivity contribution in [3.8, 4) is 0 Å². The third kappa shape index (κ3) is 2.25. The van der Waals surface area contributed by atoms with Gasteiger partial charge in [-0.05, 0) is 24.6 Å². The van der Waals surface area contributed by atoms with Crippen LogP contribution in [0.4, 0.5) is 0 Å². The van der Waals surface area contributed by atoms with Gasteiger partial charge in [0.2, 0.25) is 0 Å². The molecule has 0 amide bonds. The maximum atomic E-state index is 11.8. The Labute approximate surface area is 102 Å². The zero-order valence-corrected chi connectivity index (χ0v) is 10.5. The second kappa shape index (κ2) is 4.66. The molecule has 0 fully saturated rings. The van der Waals surface area contributed by atoms with Crippen LogP contribution < -0.4 is 5.43 Å². The number of hydrogen-bond acceptors (Lipinski definition) is 1. The Balaban J connectivity index is 2.62. The topological polar surface area (TPSA) is 32.9 Å². The van der Waals surface area contributed by atoms with E-state index < -0.39 is 0 Å². The van der Waals surface area contributed by atoms with Gasteiger partial charge in [0, 0.05) is 28.0 Å². The SMILES string of the molecule is Cc1cc(=O)c2cc(C=CCBr)ccc2[nH]1. The number of rotatable bonds is 2. The Morgan fingerprint density at radius 3 is 2.94 bits per heavy atom. The Morgan fingerprint density at radius 2 is 2.19 bits per heavy atom. The van der Waals surface area contributed by atoms with Gasteiger partial charge >= 0.3 is 0 Å². The molecule has 1 aromatic carbocycles. The highest BCUT2D eigenvalue weighted by molar-refractivity contribution is 9.09. The van der Waals surface area contributed by atoms with Crippen LogP contribution >= 0.6 is 15.9 Å². The van der Waals surface area contributed by atoms with Gasteiger partial charge in [-0.3, -0.25) is 4.79 Å². The average Bonchev–Trinajstić information content (AvgIpc) is 2.26. The van der Waals surface area contributed by atoms with Crippen LogP contribution in [0.1, 0.15) is 11.3 Å². The van der Waals surface area contributed by atoms with Crippen molar-refractivity contribution in [1.82, 2.24) is 4.98 Å². The van der Waals surface area contributed by atoms with Crippen molar-refractivity contribution in [2.24, 2.45) is 0 Å². The third-order valence-corrected chi connectivity index (χ3v) is 2.76. The Kier molecular flexibility index (Phi) is 3.25. The molecule has 0 aliphatic carbocycles. The lowest BCUT2D eigenvalue weighted by Crippen LogP contribution is -2.02. The fourth-order valence-electron chi connectivity index (χ4n) is 1.68. The lowest BCUT2D eigenvalue weighted by molar-refractivity contribution is 1.24. The summed E-state index contributed by atoms with van der Waals surface area (Å²) in [6, 6.07) is 7.47. The molecule has 2 nitrogen and oxygen atoms in total. The number of fused-ring (bicyclic) bond motifs is 1. The van der Waals surface area contributed by atoms with E-state index in [1.54, 1.807) is 6.07 Å². The highest BCUT2D eigenvalue weighted by atomic mass is 79.9. The molecule has 16 heavy (non-hydrogen) atoms. The number of nitrogens with one attached hydrogen (secondary N) is 1. The molecular formula is C13H12BrNO. The number of aromatic nitrogens is 1. The first-order valence-corrected chi connectivity index (χ1v) is 6.19. The number of alkyl halides is 1. The van der Waals surface area contributed by atoms with Crippen molar-refractivity contribution in [2.45, 2.75) is 6.92 Å². The summed E-state index contributed by atoms with van der Waals surface area (Å²) in [5.41, 5.74) is 2.89. The third-order valence-electron chi connectivity index (χ3n) is 2.39. The van der Waals surface area contributed by atoms with E-state index in [1.165, 1.54) is 0 Å². The molecule has 1 aromatic heterocycles. The molecule has 0 spiro atoms. The molecule has 2 aromatic rings. The van der Waals surface area contributed by atoms with Crippen LogP contribution in [-0.4, -0.2) is 10.3 Å². The molecule has 1 heterocycles. The van der Waals surface area contributed by atoms with Crippen molar-refractivity contribution in [2.75, 3.05) is 5.33 Å². The lowest BCUT2D eigenvalue weighted by atomic mass is 10.1. The van der Waals surface area contributed by atoms with E-state index in [0.717, 1.165) is 27.5 Å². The number of hydrogen-bond donors (Lipinski definition) is 1. The van der Waals surface area contributed by atoms with Gasteiger partial charge in [-0.15, -0.1) is 0 Å². The predicted molar refractivity (Wildman–Crippen MR) is 72.1 cm³/mol. The van der Waals surface area contributed by atoms with Gasteiger partial charge in [0.15, 0.2) is 5.43 Å². The summed E-state index contributed by atoms with van der Waals surface area (Å²) >= 11 is 3.33. The van der Waals surface area contributed by atoms with E-state index in [2.05, 4.69) is 20.9 Å². The summed E-state index contributed by atoms with van der Waals surface area (Å²) in [6.45, 7) is 1.89. The van der Waals surface area contributed by atoms with E-state index in [4.69, 9.17) is 0 Å². The summed E-state index contributed by atoms with van der Waals surface area (Å²) in [5, 5.41) is 1.55. The molecule has 0 atom stereocenters. The average molecular weight is 278 g/mol. The first kappa shape index (κ1) is 11.1. The van der Waals surface area contributed by atoms with Crippen LogP contribution in [0.15, 0.2) is 35.1 Å². The Bertz CT molecular complexity index is 598. The van der Waals surface area contributed by atoms with Crippen molar-refractivity contribution >= 4 is 32.9 Å². The van der Waals surface area contributed by atoms with Crippen LogP contribution in [0.2, 0.25) is 0 Å². The summed E-state index contributed by atoms with van der Waals surface area (Å²) in [7, 11) is 0. The van der Waals surface area contributed by atoms with Crippen LogP contribution in [0.3, 0.4) is 0 Å². The standard InChI is InChI=1S/C13H12BrNO/c1-9-7-13(16)11-8-10(3-2-6-14)4-5-12(11)15-9/h2-5,7-8H,6H2,1H3,(H,15,16). The van der Waals surface area contributed by atoms with Crippen molar-refractivity contribution in [3.05, 3.63) is 51.8 Å². The maximum absolute atomic E-state index is 11.8. The normalized spacial score (nSPS) is 11.4. The molecule has 3 heteroatoms. The Morgan fingerprint density at radius 1 is 1.38 bits per heavy atom. The van der Waals surface area contributed by atoms with E-state index >= 15 is 0 Å². The van der Waals surface area contributed by atoms with Crippen LogP contribution in [-0.2, 0) is 0 Å². The molecule has 0 aliphatic rings. The van der Waals surface area contributed by atoms with Gasteiger partial charge in [-0.25, -0.2) is 0 Å². The number of benzene rings is 1. The van der Waals surface area contributed by atoms with Gasteiger partial charge in [0.1, 0.15) is 0 Å². The second-order valence-electron chi connectivity index (χ2n) is 3.68. The number of halogens is 1. The zero-order chi connectivity index (χ0) is 11.5. The fourth-order valence-corrected chi connectivity index (χ4v) is 1.87. The summed E-state index contributed by atoms with van der Waals surface area (Å²) in [4.78, 5) is 15.0. The molecule has 0 radical (unpaired) electrons. The molecule has 1 N–H and O–H groups in total. The van der Waals surface area contributed by atoms with E-state index in [0.29, 0.717) is 0 Å². The molecular weight excluding hydrogens is 266 g/mol. The number of pyridine rings is 1. The number of allylic oxidation sites excluding steroid dienone is 1. The monoisotopic (exact) mass is 277 g/mol. The molecule has 0 saturated heterocycles. The van der Waals surface area contributed by atoms with E-state index in [9.17, 15) is 4.79 Å². The van der Waals surface area contributed by atoms with Gasteiger partial charge in [0.25, 0.3) is 0 Å². The van der Waals surface area contributed by atoms with Gasteiger partial charge in [0.05, 0.1) is 0 Å². The van der Waals surface area contributed by atoms with Crippen molar-refractivity contribution in [3.63, 3.8) is 0 Å². The predicted octanol–water partition coefficient (Wildman–Crippen LogP) is 3.24. The van der Waals surface area contributed by atoms with E-state index in [-0.39, 0.29) is 5.43 Å². The van der Waals surface area contributed by atoms with Crippen LogP contribution in [0.25, 0.3) is 17.0 Å². The quantitative estimate of drug-likeness (QED) is 0.840. The maximum Gasteiger partial charge on any atom is 0.189 e. The van der Waals surface area contributed by atoms with Crippen molar-refractivity contribution in [1.29, 1.82) is 0 Å². The minimum atomic E-state index is 0.0698. The zero-order valence-electron chi connectivity index (χ0n) is 8.96. The van der Waals surface area contributed by atoms with Crippen LogP contribution in [0, 0.1) is 6.92 Å². The fraction of sp³-hybridized carbons (Fsp3) is 0.154. The first-order chi connectivity index (χ1) is 7.70. The van der Waals surface area contributed by atoms with Crippen LogP contribution in [0.5, 0.6) is 0 Å². The molecule has 0 aliphatic heterocycles. The Hall–Kier alpha value is -1.35. The van der Waals surface area contributed by atoms with Crippen molar-refractivity contribution < 1.29 is 0 Å². The second-order valence-corrected chi connectivity index (χ2v) is 4.33. The van der Waals surface area contributed by atoms with Gasteiger partial charge < -0.3 is 4.98 Å². The van der Waals surface area contributed by atoms with Gasteiger partial charge in [-0.1, -0.05) is 34.1 Å². The molecule has 0 saturated carbocycles. The summed E-state index contributed by atoms with van der Waals surface area (Å²) in [6.07, 6.45) is 4.00. The number of H-pyrrole nitrogens is 1. The summed E-state index contributed by atoms with van der Waals surface area (Å²) in [5.74, 6) is 0. The molecule has 2 rings (SSSR count). The number of aromatic amines is 1. The van der Waals surface area contributed by atoms with Gasteiger partial charge in [-0.2, -0.15) is 0 Å². The minimum Gasteiger partial charge on any atom is -0.358 e. The minimum absolute atomic E-state index is 0.0698. The molecule has 0 unspecified atom stereocenters. The summed E-state index contributed by atoms with van der Waals surface area (Å²) < 4.78 is 0. The first-order valence-electron chi connectivity index (χ1n) is 5.07. The highest BCUT2D eigenvalue weighted by Gasteiger charge is 1.99. The number of aryl methyl sites for hydroxylation is 1. The smallest absolute Gasteiger partial charge is 0.189 e. The molecule has 82 valence electrons. The lowest BCUT2D eigenvalue weighted by Gasteiger charge is -2.01. The molecule has 0 bridgehead atoms. The van der Waals surface area contributed by atoms with E-state index in [1.807, 2.05) is 37.3 Å². The highest BCUT2D eigenvalue weighted by Crippen LogP contribution is 2.12.